The third-order valence-electron chi connectivity index (χ3n) is 3.78. The van der Waals surface area contributed by atoms with Gasteiger partial charge >= 0.3 is 0 Å². The van der Waals surface area contributed by atoms with Crippen LogP contribution in [0, 0.1) is 13.8 Å². The van der Waals surface area contributed by atoms with E-state index in [1.165, 1.54) is 20.4 Å². The first-order valence-electron chi connectivity index (χ1n) is 8.33. The van der Waals surface area contributed by atoms with Crippen LogP contribution in [0.4, 0.5) is 0 Å². The molecule has 0 unspecified atom stereocenters. The van der Waals surface area contributed by atoms with Gasteiger partial charge in [0.15, 0.2) is 11.5 Å². The van der Waals surface area contributed by atoms with Crippen LogP contribution in [0.2, 0.25) is 0 Å². The molecule has 0 radical (unpaired) electrons. The van der Waals surface area contributed by atoms with Crippen molar-refractivity contribution in [2.24, 2.45) is 5.10 Å². The van der Waals surface area contributed by atoms with Crippen molar-refractivity contribution in [2.75, 3.05) is 20.8 Å². The van der Waals surface area contributed by atoms with E-state index in [0.29, 0.717) is 35.0 Å². The second kappa shape index (κ2) is 8.77. The molecule has 1 N–H and O–H groups in total. The van der Waals surface area contributed by atoms with Crippen LogP contribution in [-0.2, 0) is 10.0 Å². The molecule has 0 atom stereocenters. The maximum absolute atomic E-state index is 12.4. The summed E-state index contributed by atoms with van der Waals surface area (Å²) in [5.41, 5.74) is 2.24. The van der Waals surface area contributed by atoms with Gasteiger partial charge in [0, 0.05) is 5.56 Å². The number of sulfonamides is 1. The van der Waals surface area contributed by atoms with Crippen molar-refractivity contribution < 1.29 is 22.6 Å². The molecule has 0 aliphatic heterocycles. The first kappa shape index (κ1) is 20.6. The molecular formula is C19H24N2O5S. The minimum atomic E-state index is -3.76. The average Bonchev–Trinajstić information content (AvgIpc) is 2.62. The number of aryl methyl sites for hydroxylation is 2. The number of nitrogens with one attached hydrogen (secondary N) is 1. The molecule has 2 aromatic rings. The Hall–Kier alpha value is -2.74. The third kappa shape index (κ3) is 4.91. The summed E-state index contributed by atoms with van der Waals surface area (Å²) in [6.45, 7) is 5.96. The fourth-order valence-corrected chi connectivity index (χ4v) is 3.60. The molecule has 2 aromatic carbocycles. The monoisotopic (exact) mass is 392 g/mol. The van der Waals surface area contributed by atoms with Gasteiger partial charge in [-0.25, -0.2) is 4.83 Å². The zero-order chi connectivity index (χ0) is 20.0. The Bertz CT molecular complexity index is 914. The molecule has 0 saturated carbocycles. The van der Waals surface area contributed by atoms with Crippen molar-refractivity contribution in [3.63, 3.8) is 0 Å². The van der Waals surface area contributed by atoms with E-state index in [9.17, 15) is 8.42 Å². The molecule has 0 amide bonds. The molecule has 0 aliphatic rings. The summed E-state index contributed by atoms with van der Waals surface area (Å²) in [7, 11) is -0.731. The maximum Gasteiger partial charge on any atom is 0.276 e. The lowest BCUT2D eigenvalue weighted by atomic mass is 10.2. The molecule has 27 heavy (non-hydrogen) atoms. The first-order chi connectivity index (χ1) is 12.8. The van der Waals surface area contributed by atoms with E-state index in [1.807, 2.05) is 13.8 Å². The van der Waals surface area contributed by atoms with Gasteiger partial charge in [0.1, 0.15) is 0 Å². The highest BCUT2D eigenvalue weighted by Gasteiger charge is 2.16. The highest BCUT2D eigenvalue weighted by atomic mass is 32.2. The predicted octanol–water partition coefficient (Wildman–Crippen LogP) is 3.03. The number of nitrogens with zero attached hydrogens (tertiary/aromatic N) is 1. The van der Waals surface area contributed by atoms with Gasteiger partial charge in [-0.15, -0.1) is 0 Å². The van der Waals surface area contributed by atoms with Crippen LogP contribution in [0.1, 0.15) is 23.6 Å². The molecule has 0 spiro atoms. The third-order valence-corrected chi connectivity index (χ3v) is 5.16. The van der Waals surface area contributed by atoms with Crippen molar-refractivity contribution in [1.29, 1.82) is 0 Å². The molecule has 8 heteroatoms. The largest absolute Gasteiger partial charge is 0.493 e. The van der Waals surface area contributed by atoms with Gasteiger partial charge in [0.2, 0.25) is 5.75 Å². The van der Waals surface area contributed by atoms with Crippen LogP contribution >= 0.6 is 0 Å². The second-order valence-electron chi connectivity index (χ2n) is 5.81. The van der Waals surface area contributed by atoms with Crippen molar-refractivity contribution in [3.05, 3.63) is 47.0 Å². The van der Waals surface area contributed by atoms with Crippen LogP contribution in [0.5, 0.6) is 17.2 Å². The van der Waals surface area contributed by atoms with Gasteiger partial charge < -0.3 is 14.2 Å². The van der Waals surface area contributed by atoms with Gasteiger partial charge in [-0.2, -0.15) is 13.5 Å². The SMILES string of the molecule is CCOc1c(OC)cc(/C=N/NS(=O)(=O)c2ccc(C)cc2C)cc1OC. The lowest BCUT2D eigenvalue weighted by Crippen LogP contribution is -2.19. The zero-order valence-corrected chi connectivity index (χ0v) is 16.9. The first-order valence-corrected chi connectivity index (χ1v) is 9.81. The van der Waals surface area contributed by atoms with E-state index < -0.39 is 10.0 Å². The zero-order valence-electron chi connectivity index (χ0n) is 16.1. The number of benzene rings is 2. The summed E-state index contributed by atoms with van der Waals surface area (Å²) in [4.78, 5) is 2.41. The highest BCUT2D eigenvalue weighted by Crippen LogP contribution is 2.38. The smallest absolute Gasteiger partial charge is 0.276 e. The molecule has 146 valence electrons. The average molecular weight is 392 g/mol. The van der Waals surface area contributed by atoms with Gasteiger partial charge in [-0.05, 0) is 44.5 Å². The molecule has 0 fully saturated rings. The summed E-state index contributed by atoms with van der Waals surface area (Å²) in [6, 6.07) is 8.48. The Balaban J connectivity index is 2.27. The van der Waals surface area contributed by atoms with E-state index >= 15 is 0 Å². The summed E-state index contributed by atoms with van der Waals surface area (Å²) < 4.78 is 41.1. The molecule has 0 heterocycles. The predicted molar refractivity (Wildman–Crippen MR) is 105 cm³/mol. The Kier molecular flexibility index (Phi) is 6.68. The standard InChI is InChI=1S/C19H24N2O5S/c1-6-26-19-16(24-4)10-15(11-17(19)25-5)12-20-21-27(22,23)18-8-7-13(2)9-14(18)3/h7-12,21H,6H2,1-5H3/b20-12+. The molecule has 0 aromatic heterocycles. The molecule has 2 rings (SSSR count). The van der Waals surface area contributed by atoms with E-state index in [-0.39, 0.29) is 4.90 Å². The fourth-order valence-electron chi connectivity index (χ4n) is 2.58. The van der Waals surface area contributed by atoms with Crippen molar-refractivity contribution >= 4 is 16.2 Å². The quantitative estimate of drug-likeness (QED) is 0.551. The van der Waals surface area contributed by atoms with Crippen LogP contribution in [0.25, 0.3) is 0 Å². The van der Waals surface area contributed by atoms with Crippen LogP contribution in [0.15, 0.2) is 40.3 Å². The van der Waals surface area contributed by atoms with Gasteiger partial charge in [0.25, 0.3) is 10.0 Å². The van der Waals surface area contributed by atoms with Crippen LogP contribution in [0.3, 0.4) is 0 Å². The fraction of sp³-hybridized carbons (Fsp3) is 0.316. The number of rotatable bonds is 8. The number of hydrazone groups is 1. The molecular weight excluding hydrogens is 368 g/mol. The van der Waals surface area contributed by atoms with E-state index in [1.54, 1.807) is 37.3 Å². The molecule has 0 saturated heterocycles. The van der Waals surface area contributed by atoms with Crippen molar-refractivity contribution in [3.8, 4) is 17.2 Å². The maximum atomic E-state index is 12.4. The lowest BCUT2D eigenvalue weighted by molar-refractivity contribution is 0.288. The number of hydrogen-bond acceptors (Lipinski definition) is 6. The Morgan fingerprint density at radius 1 is 1.07 bits per heavy atom. The molecule has 0 bridgehead atoms. The Morgan fingerprint density at radius 2 is 1.70 bits per heavy atom. The van der Waals surface area contributed by atoms with Gasteiger partial charge in [-0.3, -0.25) is 0 Å². The van der Waals surface area contributed by atoms with Gasteiger partial charge in [0.05, 0.1) is 31.9 Å². The minimum absolute atomic E-state index is 0.187. The molecule has 0 aliphatic carbocycles. The summed E-state index contributed by atoms with van der Waals surface area (Å²) in [6.07, 6.45) is 1.38. The topological polar surface area (TPSA) is 86.2 Å². The van der Waals surface area contributed by atoms with Crippen molar-refractivity contribution in [1.82, 2.24) is 4.83 Å². The number of hydrogen-bond donors (Lipinski definition) is 1. The van der Waals surface area contributed by atoms with Crippen molar-refractivity contribution in [2.45, 2.75) is 25.7 Å². The van der Waals surface area contributed by atoms with E-state index in [2.05, 4.69) is 9.93 Å². The number of methoxy groups -OCH3 is 2. The van der Waals surface area contributed by atoms with E-state index in [0.717, 1.165) is 5.56 Å². The second-order valence-corrected chi connectivity index (χ2v) is 7.44. The Morgan fingerprint density at radius 3 is 2.22 bits per heavy atom. The van der Waals surface area contributed by atoms with Gasteiger partial charge in [-0.1, -0.05) is 17.7 Å². The van der Waals surface area contributed by atoms with Crippen LogP contribution < -0.4 is 19.0 Å². The van der Waals surface area contributed by atoms with E-state index in [4.69, 9.17) is 14.2 Å². The summed E-state index contributed by atoms with van der Waals surface area (Å²) in [5, 5.41) is 3.86. The van der Waals surface area contributed by atoms with Crippen LogP contribution in [-0.4, -0.2) is 35.5 Å². The minimum Gasteiger partial charge on any atom is -0.493 e. The molecule has 7 nitrogen and oxygen atoms in total. The lowest BCUT2D eigenvalue weighted by Gasteiger charge is -2.14. The summed E-state index contributed by atoms with van der Waals surface area (Å²) in [5.74, 6) is 1.42. The summed E-state index contributed by atoms with van der Waals surface area (Å²) >= 11 is 0. The normalized spacial score (nSPS) is 11.4. The highest BCUT2D eigenvalue weighted by molar-refractivity contribution is 7.89. The number of ether oxygens (including phenoxy) is 3. The Labute approximate surface area is 160 Å².